The number of carbonyl (C=O) groups excluding carboxylic acids is 1. The smallest absolute Gasteiger partial charge is 0.409 e. The zero-order chi connectivity index (χ0) is 15.2. The monoisotopic (exact) mass is 295 g/mol. The number of amides is 1. The van der Waals surface area contributed by atoms with E-state index in [1.807, 2.05) is 30.3 Å². The Balaban J connectivity index is 2.65. The summed E-state index contributed by atoms with van der Waals surface area (Å²) in [5.41, 5.74) is 5.98. The average Bonchev–Trinajstić information content (AvgIpc) is 2.26. The summed E-state index contributed by atoms with van der Waals surface area (Å²) in [4.78, 5) is 11.8. The number of alkyl carbamates (subject to hydrolysis) is 1. The lowest BCUT2D eigenvalue weighted by Crippen LogP contribution is -2.51. The molecule has 20 heavy (non-hydrogen) atoms. The second-order valence-electron chi connectivity index (χ2n) is 5.40. The molecule has 1 atom stereocenters. The zero-order valence-corrected chi connectivity index (χ0v) is 12.8. The van der Waals surface area contributed by atoms with Crippen LogP contribution in [0.15, 0.2) is 30.3 Å². The molecule has 0 aliphatic carbocycles. The number of ether oxygens (including phenoxy) is 1. The van der Waals surface area contributed by atoms with E-state index >= 15 is 0 Å². The van der Waals surface area contributed by atoms with Crippen molar-refractivity contribution in [1.82, 2.24) is 10.6 Å². The van der Waals surface area contributed by atoms with E-state index in [1.165, 1.54) is 0 Å². The fourth-order valence-corrected chi connectivity index (χ4v) is 1.75. The molecular weight excluding hydrogens is 274 g/mol. The molecular formula is C14H21N3O2S. The van der Waals surface area contributed by atoms with Gasteiger partial charge in [-0.15, -0.1) is 0 Å². The lowest BCUT2D eigenvalue weighted by atomic mass is 10.1. The summed E-state index contributed by atoms with van der Waals surface area (Å²) in [6, 6.07) is 9.72. The number of nitrogens with one attached hydrogen (secondary N) is 2. The summed E-state index contributed by atoms with van der Waals surface area (Å²) in [6.45, 7) is 5.42. The Kier molecular flexibility index (Phi) is 5.76. The van der Waals surface area contributed by atoms with E-state index in [9.17, 15) is 4.79 Å². The van der Waals surface area contributed by atoms with Gasteiger partial charge in [0.1, 0.15) is 11.8 Å². The van der Waals surface area contributed by atoms with E-state index in [0.717, 1.165) is 5.56 Å². The molecule has 0 saturated heterocycles. The Hall–Kier alpha value is -1.82. The van der Waals surface area contributed by atoms with Crippen molar-refractivity contribution in [3.63, 3.8) is 0 Å². The predicted molar refractivity (Wildman–Crippen MR) is 83.2 cm³/mol. The molecule has 0 heterocycles. The van der Waals surface area contributed by atoms with E-state index < -0.39 is 17.9 Å². The minimum atomic E-state index is -0.551. The van der Waals surface area contributed by atoms with Crippen LogP contribution < -0.4 is 16.4 Å². The fourth-order valence-electron chi connectivity index (χ4n) is 1.61. The van der Waals surface area contributed by atoms with Gasteiger partial charge < -0.3 is 21.1 Å². The zero-order valence-electron chi connectivity index (χ0n) is 12.0. The normalized spacial score (nSPS) is 12.3. The fraction of sp³-hybridized carbons (Fsp3) is 0.429. The molecule has 1 unspecified atom stereocenters. The van der Waals surface area contributed by atoms with Crippen LogP contribution in [-0.2, 0) is 11.2 Å². The number of carbonyl (C=O) groups is 1. The highest BCUT2D eigenvalue weighted by atomic mass is 32.1. The first kappa shape index (κ1) is 16.2. The van der Waals surface area contributed by atoms with E-state index in [1.54, 1.807) is 20.8 Å². The quantitative estimate of drug-likeness (QED) is 0.584. The second-order valence-corrected chi connectivity index (χ2v) is 5.84. The number of thiocarbonyl (C=S) groups is 1. The van der Waals surface area contributed by atoms with Gasteiger partial charge in [-0.1, -0.05) is 30.3 Å². The van der Waals surface area contributed by atoms with Gasteiger partial charge in [0.2, 0.25) is 0 Å². The van der Waals surface area contributed by atoms with Gasteiger partial charge in [-0.25, -0.2) is 4.79 Å². The molecule has 4 N–H and O–H groups in total. The van der Waals surface area contributed by atoms with E-state index in [-0.39, 0.29) is 5.11 Å². The molecule has 1 rings (SSSR count). The molecule has 0 aromatic heterocycles. The first-order chi connectivity index (χ1) is 9.26. The van der Waals surface area contributed by atoms with Crippen LogP contribution in [0.3, 0.4) is 0 Å². The van der Waals surface area contributed by atoms with Gasteiger partial charge in [0.25, 0.3) is 0 Å². The number of benzene rings is 1. The van der Waals surface area contributed by atoms with Crippen LogP contribution in [0.2, 0.25) is 0 Å². The van der Waals surface area contributed by atoms with Crippen LogP contribution in [-0.4, -0.2) is 23.0 Å². The van der Waals surface area contributed by atoms with Gasteiger partial charge >= 0.3 is 6.09 Å². The molecule has 0 spiro atoms. The molecule has 1 aromatic rings. The molecule has 1 amide bonds. The number of nitrogens with two attached hydrogens (primary N) is 1. The van der Waals surface area contributed by atoms with Gasteiger partial charge in [-0.3, -0.25) is 0 Å². The summed E-state index contributed by atoms with van der Waals surface area (Å²) in [6.07, 6.45) is -0.371. The summed E-state index contributed by atoms with van der Waals surface area (Å²) in [5.74, 6) is 0. The highest BCUT2D eigenvalue weighted by Crippen LogP contribution is 2.07. The summed E-state index contributed by atoms with van der Waals surface area (Å²) in [7, 11) is 0. The predicted octanol–water partition coefficient (Wildman–Crippen LogP) is 1.91. The standard InChI is InChI=1S/C14H21N3O2S/c1-14(2,3)19-13(18)17-11(16-12(15)20)9-10-7-5-4-6-8-10/h4-8,11H,9H2,1-3H3,(H,17,18)(H3,15,16,20). The molecule has 6 heteroatoms. The third kappa shape index (κ3) is 6.94. The lowest BCUT2D eigenvalue weighted by molar-refractivity contribution is 0.0500. The van der Waals surface area contributed by atoms with Crippen molar-refractivity contribution in [1.29, 1.82) is 0 Å². The van der Waals surface area contributed by atoms with E-state index in [4.69, 9.17) is 22.7 Å². The second kappa shape index (κ2) is 7.09. The third-order valence-electron chi connectivity index (χ3n) is 2.29. The minimum absolute atomic E-state index is 0.127. The molecule has 0 bridgehead atoms. The minimum Gasteiger partial charge on any atom is -0.444 e. The van der Waals surface area contributed by atoms with Crippen molar-refractivity contribution in [3.05, 3.63) is 35.9 Å². The number of rotatable bonds is 4. The molecule has 5 nitrogen and oxygen atoms in total. The van der Waals surface area contributed by atoms with E-state index in [2.05, 4.69) is 10.6 Å². The Bertz CT molecular complexity index is 457. The van der Waals surface area contributed by atoms with Gasteiger partial charge in [-0.2, -0.15) is 0 Å². The van der Waals surface area contributed by atoms with Crippen molar-refractivity contribution < 1.29 is 9.53 Å². The first-order valence-electron chi connectivity index (χ1n) is 6.36. The highest BCUT2D eigenvalue weighted by molar-refractivity contribution is 7.80. The van der Waals surface area contributed by atoms with E-state index in [0.29, 0.717) is 6.42 Å². The van der Waals surface area contributed by atoms with Crippen LogP contribution in [0.1, 0.15) is 26.3 Å². The molecule has 0 radical (unpaired) electrons. The number of hydrogen-bond acceptors (Lipinski definition) is 3. The van der Waals surface area contributed by atoms with Crippen molar-refractivity contribution in [2.75, 3.05) is 0 Å². The first-order valence-corrected chi connectivity index (χ1v) is 6.76. The van der Waals surface area contributed by atoms with Crippen molar-refractivity contribution in [2.45, 2.75) is 39.0 Å². The van der Waals surface area contributed by atoms with Gasteiger partial charge in [0.05, 0.1) is 0 Å². The Morgan fingerprint density at radius 1 is 1.30 bits per heavy atom. The molecule has 110 valence electrons. The molecule has 0 saturated carbocycles. The van der Waals surface area contributed by atoms with Gasteiger partial charge in [0.15, 0.2) is 5.11 Å². The topological polar surface area (TPSA) is 76.4 Å². The molecule has 0 aliphatic rings. The highest BCUT2D eigenvalue weighted by Gasteiger charge is 2.19. The van der Waals surface area contributed by atoms with Crippen LogP contribution >= 0.6 is 12.2 Å². The maximum Gasteiger partial charge on any atom is 0.409 e. The third-order valence-corrected chi connectivity index (χ3v) is 2.41. The Morgan fingerprint density at radius 3 is 2.40 bits per heavy atom. The van der Waals surface area contributed by atoms with Crippen LogP contribution in [0.4, 0.5) is 4.79 Å². The summed E-state index contributed by atoms with van der Waals surface area (Å²) >= 11 is 4.83. The Labute approximate surface area is 124 Å². The Morgan fingerprint density at radius 2 is 1.90 bits per heavy atom. The maximum absolute atomic E-state index is 11.8. The van der Waals surface area contributed by atoms with Crippen LogP contribution in [0.5, 0.6) is 0 Å². The van der Waals surface area contributed by atoms with Crippen molar-refractivity contribution in [3.8, 4) is 0 Å². The van der Waals surface area contributed by atoms with Gasteiger partial charge in [0, 0.05) is 6.42 Å². The molecule has 0 aliphatic heterocycles. The average molecular weight is 295 g/mol. The lowest BCUT2D eigenvalue weighted by Gasteiger charge is -2.24. The van der Waals surface area contributed by atoms with Gasteiger partial charge in [-0.05, 0) is 38.6 Å². The molecule has 1 aromatic carbocycles. The van der Waals surface area contributed by atoms with Crippen LogP contribution in [0.25, 0.3) is 0 Å². The SMILES string of the molecule is CC(C)(C)OC(=O)NC(Cc1ccccc1)NC(N)=S. The molecule has 0 fully saturated rings. The van der Waals surface area contributed by atoms with Crippen molar-refractivity contribution >= 4 is 23.4 Å². The van der Waals surface area contributed by atoms with Crippen LogP contribution in [0, 0.1) is 0 Å². The summed E-state index contributed by atoms with van der Waals surface area (Å²) < 4.78 is 5.21. The largest absolute Gasteiger partial charge is 0.444 e. The number of hydrogen-bond donors (Lipinski definition) is 3. The summed E-state index contributed by atoms with van der Waals surface area (Å²) in [5, 5.41) is 5.68. The maximum atomic E-state index is 11.8. The van der Waals surface area contributed by atoms with Crippen molar-refractivity contribution in [2.24, 2.45) is 5.73 Å².